The lowest BCUT2D eigenvalue weighted by Crippen LogP contribution is -2.43. The molecule has 3 aliphatic rings. The Bertz CT molecular complexity index is 599. The largest absolute Gasteiger partial charge is 0.331 e. The van der Waals surface area contributed by atoms with Crippen LogP contribution in [0.15, 0.2) is 36.0 Å². The Labute approximate surface area is 144 Å². The first kappa shape index (κ1) is 15.8. The molecule has 3 fully saturated rings. The highest BCUT2D eigenvalue weighted by Gasteiger charge is 2.30. The standard InChI is InChI=1S/C20H27N3O/c24-20(19-8-1-2-11-21-19)23-12-4-7-18(23)15-16-9-13-22(14-10-16)17-5-3-6-17/h1-2,8,11,15,17-18H,3-7,9-10,12-14H2. The van der Waals surface area contributed by atoms with Crippen molar-refractivity contribution in [2.75, 3.05) is 19.6 Å². The quantitative estimate of drug-likeness (QED) is 0.800. The summed E-state index contributed by atoms with van der Waals surface area (Å²) in [4.78, 5) is 21.6. The first-order chi connectivity index (χ1) is 11.8. The van der Waals surface area contributed by atoms with E-state index in [1.54, 1.807) is 11.8 Å². The summed E-state index contributed by atoms with van der Waals surface area (Å²) < 4.78 is 0. The van der Waals surface area contributed by atoms with Crippen molar-refractivity contribution in [3.8, 4) is 0 Å². The highest BCUT2D eigenvalue weighted by Crippen LogP contribution is 2.30. The van der Waals surface area contributed by atoms with Crippen LogP contribution in [0.5, 0.6) is 0 Å². The number of piperidine rings is 1. The van der Waals surface area contributed by atoms with Crippen molar-refractivity contribution < 1.29 is 4.79 Å². The third-order valence-electron chi connectivity index (χ3n) is 5.90. The Hall–Kier alpha value is -1.68. The predicted molar refractivity (Wildman–Crippen MR) is 94.8 cm³/mol. The number of amides is 1. The van der Waals surface area contributed by atoms with E-state index in [0.717, 1.165) is 25.4 Å². The van der Waals surface area contributed by atoms with Gasteiger partial charge in [0.25, 0.3) is 5.91 Å². The highest BCUT2D eigenvalue weighted by molar-refractivity contribution is 5.92. The molecule has 0 N–H and O–H groups in total. The van der Waals surface area contributed by atoms with E-state index in [-0.39, 0.29) is 11.9 Å². The maximum Gasteiger partial charge on any atom is 0.272 e. The van der Waals surface area contributed by atoms with Gasteiger partial charge in [-0.2, -0.15) is 0 Å². The molecule has 128 valence electrons. The number of aromatic nitrogens is 1. The molecule has 1 aromatic rings. The molecule has 1 aliphatic carbocycles. The highest BCUT2D eigenvalue weighted by atomic mass is 16.2. The van der Waals surface area contributed by atoms with Gasteiger partial charge >= 0.3 is 0 Å². The molecule has 4 nitrogen and oxygen atoms in total. The van der Waals surface area contributed by atoms with Gasteiger partial charge < -0.3 is 4.90 Å². The topological polar surface area (TPSA) is 36.4 Å². The van der Waals surface area contributed by atoms with Gasteiger partial charge in [0.2, 0.25) is 0 Å². The molecular formula is C20H27N3O. The summed E-state index contributed by atoms with van der Waals surface area (Å²) >= 11 is 0. The number of carbonyl (C=O) groups is 1. The molecule has 1 unspecified atom stereocenters. The summed E-state index contributed by atoms with van der Waals surface area (Å²) in [5, 5.41) is 0. The molecule has 0 radical (unpaired) electrons. The first-order valence-corrected chi connectivity index (χ1v) is 9.47. The number of nitrogens with zero attached hydrogens (tertiary/aromatic N) is 3. The van der Waals surface area contributed by atoms with Crippen molar-refractivity contribution in [3.63, 3.8) is 0 Å². The number of likely N-dealkylation sites (tertiary alicyclic amines) is 2. The summed E-state index contributed by atoms with van der Waals surface area (Å²) in [6.07, 6.45) is 12.9. The van der Waals surface area contributed by atoms with E-state index >= 15 is 0 Å². The number of pyridine rings is 1. The summed E-state index contributed by atoms with van der Waals surface area (Å²) in [6, 6.07) is 6.70. The molecular weight excluding hydrogens is 298 g/mol. The van der Waals surface area contributed by atoms with Gasteiger partial charge in [0, 0.05) is 31.9 Å². The molecule has 4 rings (SSSR count). The lowest BCUT2D eigenvalue weighted by molar-refractivity contribution is 0.0754. The van der Waals surface area contributed by atoms with Gasteiger partial charge in [-0.15, -0.1) is 0 Å². The van der Waals surface area contributed by atoms with Gasteiger partial charge in [0.15, 0.2) is 0 Å². The van der Waals surface area contributed by atoms with Crippen molar-refractivity contribution in [2.45, 2.75) is 57.0 Å². The van der Waals surface area contributed by atoms with Gasteiger partial charge in [-0.05, 0) is 50.7 Å². The molecule has 24 heavy (non-hydrogen) atoms. The minimum Gasteiger partial charge on any atom is -0.331 e. The maximum absolute atomic E-state index is 12.7. The Morgan fingerprint density at radius 1 is 1.08 bits per heavy atom. The van der Waals surface area contributed by atoms with Crippen molar-refractivity contribution in [3.05, 3.63) is 41.7 Å². The minimum absolute atomic E-state index is 0.0850. The number of rotatable bonds is 3. The Morgan fingerprint density at radius 2 is 1.92 bits per heavy atom. The van der Waals surface area contributed by atoms with E-state index in [9.17, 15) is 4.79 Å². The van der Waals surface area contributed by atoms with E-state index in [0.29, 0.717) is 5.69 Å². The number of hydrogen-bond acceptors (Lipinski definition) is 3. The Balaban J connectivity index is 1.39. The lowest BCUT2D eigenvalue weighted by Gasteiger charge is -2.40. The van der Waals surface area contributed by atoms with Gasteiger partial charge in [-0.3, -0.25) is 14.7 Å². The second-order valence-corrected chi connectivity index (χ2v) is 7.37. The van der Waals surface area contributed by atoms with E-state index in [4.69, 9.17) is 0 Å². The smallest absolute Gasteiger partial charge is 0.272 e. The fourth-order valence-corrected chi connectivity index (χ4v) is 4.22. The van der Waals surface area contributed by atoms with Crippen LogP contribution in [0, 0.1) is 0 Å². The van der Waals surface area contributed by atoms with E-state index in [1.807, 2.05) is 23.1 Å². The van der Waals surface area contributed by atoms with E-state index in [1.165, 1.54) is 45.2 Å². The molecule has 1 saturated carbocycles. The zero-order valence-corrected chi connectivity index (χ0v) is 14.4. The Kier molecular flexibility index (Phi) is 4.65. The third-order valence-corrected chi connectivity index (χ3v) is 5.90. The van der Waals surface area contributed by atoms with Gasteiger partial charge in [0.05, 0.1) is 6.04 Å². The van der Waals surface area contributed by atoms with Gasteiger partial charge in [-0.25, -0.2) is 0 Å². The number of carbonyl (C=O) groups excluding carboxylic acids is 1. The van der Waals surface area contributed by atoms with Crippen LogP contribution in [-0.2, 0) is 0 Å². The molecule has 0 bridgehead atoms. The molecule has 0 aromatic carbocycles. The number of hydrogen-bond donors (Lipinski definition) is 0. The normalized spacial score (nSPS) is 25.6. The molecule has 3 heterocycles. The summed E-state index contributed by atoms with van der Waals surface area (Å²) in [6.45, 7) is 3.27. The SMILES string of the molecule is O=C(c1ccccn1)N1CCCC1C=C1CCN(C2CCC2)CC1. The van der Waals surface area contributed by atoms with Crippen LogP contribution in [0.25, 0.3) is 0 Å². The van der Waals surface area contributed by atoms with Gasteiger partial charge in [-0.1, -0.05) is 24.1 Å². The second-order valence-electron chi connectivity index (χ2n) is 7.37. The fourth-order valence-electron chi connectivity index (χ4n) is 4.22. The van der Waals surface area contributed by atoms with E-state index in [2.05, 4.69) is 16.0 Å². The first-order valence-electron chi connectivity index (χ1n) is 9.47. The molecule has 0 spiro atoms. The average molecular weight is 325 g/mol. The zero-order chi connectivity index (χ0) is 16.4. The summed E-state index contributed by atoms with van der Waals surface area (Å²) in [5.74, 6) is 0.0850. The van der Waals surface area contributed by atoms with Crippen LogP contribution in [0.1, 0.15) is 55.4 Å². The van der Waals surface area contributed by atoms with Crippen LogP contribution < -0.4 is 0 Å². The van der Waals surface area contributed by atoms with Crippen LogP contribution in [0.2, 0.25) is 0 Å². The molecule has 4 heteroatoms. The minimum atomic E-state index is 0.0850. The van der Waals surface area contributed by atoms with Crippen LogP contribution >= 0.6 is 0 Å². The maximum atomic E-state index is 12.7. The second kappa shape index (κ2) is 7.06. The summed E-state index contributed by atoms with van der Waals surface area (Å²) in [5.41, 5.74) is 2.12. The summed E-state index contributed by atoms with van der Waals surface area (Å²) in [7, 11) is 0. The zero-order valence-electron chi connectivity index (χ0n) is 14.4. The van der Waals surface area contributed by atoms with Crippen LogP contribution in [-0.4, -0.2) is 52.4 Å². The van der Waals surface area contributed by atoms with Crippen molar-refractivity contribution in [1.82, 2.24) is 14.8 Å². The predicted octanol–water partition coefficient (Wildman–Crippen LogP) is 3.26. The fraction of sp³-hybridized carbons (Fsp3) is 0.600. The third kappa shape index (κ3) is 3.25. The molecule has 1 amide bonds. The average Bonchev–Trinajstić information content (AvgIpc) is 3.03. The molecule has 2 aliphatic heterocycles. The van der Waals surface area contributed by atoms with Gasteiger partial charge in [0.1, 0.15) is 5.69 Å². The van der Waals surface area contributed by atoms with Crippen LogP contribution in [0.4, 0.5) is 0 Å². The van der Waals surface area contributed by atoms with Crippen molar-refractivity contribution in [1.29, 1.82) is 0 Å². The Morgan fingerprint density at radius 3 is 2.58 bits per heavy atom. The van der Waals surface area contributed by atoms with E-state index < -0.39 is 0 Å². The molecule has 1 aromatic heterocycles. The monoisotopic (exact) mass is 325 g/mol. The molecule has 1 atom stereocenters. The molecule has 2 saturated heterocycles. The lowest BCUT2D eigenvalue weighted by atomic mass is 9.89. The van der Waals surface area contributed by atoms with Crippen molar-refractivity contribution >= 4 is 5.91 Å². The van der Waals surface area contributed by atoms with Crippen LogP contribution in [0.3, 0.4) is 0 Å². The van der Waals surface area contributed by atoms with Crippen molar-refractivity contribution in [2.24, 2.45) is 0 Å².